The highest BCUT2D eigenvalue weighted by molar-refractivity contribution is 5.90. The lowest BCUT2D eigenvalue weighted by atomic mass is 10.1. The van der Waals surface area contributed by atoms with Gasteiger partial charge in [0.2, 0.25) is 5.82 Å². The number of amides is 1. The molecule has 0 aliphatic rings. The Morgan fingerprint density at radius 3 is 2.58 bits per heavy atom. The molecule has 19 heavy (non-hydrogen) atoms. The average Bonchev–Trinajstić information content (AvgIpc) is 2.77. The summed E-state index contributed by atoms with van der Waals surface area (Å²) in [5.74, 6) is -0.195. The first kappa shape index (κ1) is 15.1. The maximum absolute atomic E-state index is 11.8. The van der Waals surface area contributed by atoms with E-state index in [4.69, 9.17) is 5.11 Å². The molecule has 0 fully saturated rings. The third-order valence-electron chi connectivity index (χ3n) is 2.66. The Morgan fingerprint density at radius 2 is 2.05 bits per heavy atom. The molecule has 106 valence electrons. The summed E-state index contributed by atoms with van der Waals surface area (Å²) in [5, 5.41) is 17.8. The number of aromatic amines is 1. The molecule has 1 heterocycles. The lowest BCUT2D eigenvalue weighted by Gasteiger charge is -2.11. The Morgan fingerprint density at radius 1 is 1.37 bits per heavy atom. The molecule has 0 aromatic carbocycles. The van der Waals surface area contributed by atoms with Gasteiger partial charge in [0.1, 0.15) is 5.82 Å². The van der Waals surface area contributed by atoms with Gasteiger partial charge in [-0.3, -0.25) is 14.7 Å². The monoisotopic (exact) mass is 268 g/mol. The van der Waals surface area contributed by atoms with Crippen molar-refractivity contribution in [2.24, 2.45) is 0 Å². The summed E-state index contributed by atoms with van der Waals surface area (Å²) < 4.78 is 0. The molecule has 1 rings (SSSR count). The number of nitrogens with zero attached hydrogens (tertiary/aromatic N) is 2. The number of hydrogen-bond donors (Lipinski definition) is 3. The van der Waals surface area contributed by atoms with Crippen LogP contribution in [-0.2, 0) is 4.79 Å². The van der Waals surface area contributed by atoms with Crippen molar-refractivity contribution in [3.63, 3.8) is 0 Å². The highest BCUT2D eigenvalue weighted by atomic mass is 16.4. The van der Waals surface area contributed by atoms with Crippen molar-refractivity contribution in [1.82, 2.24) is 20.5 Å². The van der Waals surface area contributed by atoms with Crippen LogP contribution in [0.2, 0.25) is 0 Å². The number of carbonyl (C=O) groups excluding carboxylic acids is 1. The molecule has 1 amide bonds. The van der Waals surface area contributed by atoms with Crippen LogP contribution in [0.25, 0.3) is 0 Å². The molecule has 1 aromatic heterocycles. The van der Waals surface area contributed by atoms with E-state index in [0.29, 0.717) is 18.7 Å². The van der Waals surface area contributed by atoms with Crippen LogP contribution in [0.15, 0.2) is 0 Å². The van der Waals surface area contributed by atoms with Gasteiger partial charge in [0.15, 0.2) is 0 Å². The van der Waals surface area contributed by atoms with Gasteiger partial charge in [0.25, 0.3) is 5.91 Å². The van der Waals surface area contributed by atoms with Crippen LogP contribution in [0.1, 0.15) is 62.4 Å². The van der Waals surface area contributed by atoms with Gasteiger partial charge in [-0.25, -0.2) is 4.98 Å². The largest absolute Gasteiger partial charge is 0.481 e. The third-order valence-corrected chi connectivity index (χ3v) is 2.66. The Hall–Kier alpha value is -1.92. The minimum Gasteiger partial charge on any atom is -0.481 e. The first-order chi connectivity index (χ1) is 8.90. The van der Waals surface area contributed by atoms with Gasteiger partial charge in [0, 0.05) is 18.4 Å². The minimum atomic E-state index is -0.825. The van der Waals surface area contributed by atoms with Crippen molar-refractivity contribution in [2.75, 3.05) is 0 Å². The summed E-state index contributed by atoms with van der Waals surface area (Å²) >= 11 is 0. The fourth-order valence-corrected chi connectivity index (χ4v) is 1.55. The van der Waals surface area contributed by atoms with Crippen LogP contribution in [0.5, 0.6) is 0 Å². The summed E-state index contributed by atoms with van der Waals surface area (Å²) in [6, 6.07) is -0.104. The molecular weight excluding hydrogens is 248 g/mol. The molecule has 0 aliphatic carbocycles. The van der Waals surface area contributed by atoms with E-state index in [1.165, 1.54) is 0 Å². The number of aromatic nitrogens is 3. The number of hydrogen-bond acceptors (Lipinski definition) is 4. The minimum absolute atomic E-state index is 0.104. The number of H-pyrrole nitrogens is 1. The van der Waals surface area contributed by atoms with Crippen LogP contribution in [0.3, 0.4) is 0 Å². The van der Waals surface area contributed by atoms with Gasteiger partial charge in [-0.15, -0.1) is 5.10 Å². The first-order valence-electron chi connectivity index (χ1n) is 6.35. The molecule has 7 heteroatoms. The van der Waals surface area contributed by atoms with E-state index in [0.717, 1.165) is 0 Å². The van der Waals surface area contributed by atoms with Crippen LogP contribution < -0.4 is 5.32 Å². The molecule has 0 saturated carbocycles. The topological polar surface area (TPSA) is 108 Å². The predicted octanol–water partition coefficient (Wildman–Crippen LogP) is 1.30. The fraction of sp³-hybridized carbons (Fsp3) is 0.667. The Bertz CT molecular complexity index is 442. The van der Waals surface area contributed by atoms with Crippen molar-refractivity contribution in [2.45, 2.75) is 52.0 Å². The van der Waals surface area contributed by atoms with E-state index in [9.17, 15) is 9.59 Å². The SMILES string of the molecule is CC(CCCC(=O)O)NC(=O)c1n[nH]c(C(C)C)n1. The zero-order valence-corrected chi connectivity index (χ0v) is 11.4. The van der Waals surface area contributed by atoms with Gasteiger partial charge >= 0.3 is 5.97 Å². The van der Waals surface area contributed by atoms with Crippen LogP contribution >= 0.6 is 0 Å². The molecule has 1 atom stereocenters. The number of carboxylic acids is 1. The van der Waals surface area contributed by atoms with Gasteiger partial charge < -0.3 is 10.4 Å². The van der Waals surface area contributed by atoms with Crippen LogP contribution in [0, 0.1) is 0 Å². The summed E-state index contributed by atoms with van der Waals surface area (Å²) in [4.78, 5) is 26.3. The molecule has 0 radical (unpaired) electrons. The maximum atomic E-state index is 11.8. The van der Waals surface area contributed by atoms with Crippen LogP contribution in [0.4, 0.5) is 0 Å². The second-order valence-electron chi connectivity index (χ2n) is 4.86. The number of nitrogens with one attached hydrogen (secondary N) is 2. The van der Waals surface area contributed by atoms with Gasteiger partial charge in [0.05, 0.1) is 0 Å². The normalized spacial score (nSPS) is 12.4. The fourth-order valence-electron chi connectivity index (χ4n) is 1.55. The number of carbonyl (C=O) groups is 2. The average molecular weight is 268 g/mol. The molecule has 0 aliphatic heterocycles. The maximum Gasteiger partial charge on any atom is 0.303 e. The second kappa shape index (κ2) is 6.86. The zero-order valence-electron chi connectivity index (χ0n) is 11.4. The highest BCUT2D eigenvalue weighted by Crippen LogP contribution is 2.08. The Balaban J connectivity index is 2.42. The first-order valence-corrected chi connectivity index (χ1v) is 6.35. The van der Waals surface area contributed by atoms with Crippen molar-refractivity contribution in [1.29, 1.82) is 0 Å². The molecule has 0 saturated heterocycles. The van der Waals surface area contributed by atoms with E-state index in [1.807, 2.05) is 20.8 Å². The van der Waals surface area contributed by atoms with E-state index < -0.39 is 5.97 Å². The summed E-state index contributed by atoms with van der Waals surface area (Å²) in [7, 11) is 0. The standard InChI is InChI=1S/C12H20N4O3/c1-7(2)10-14-11(16-15-10)12(19)13-8(3)5-4-6-9(17)18/h7-8H,4-6H2,1-3H3,(H,13,19)(H,17,18)(H,14,15,16). The van der Waals surface area contributed by atoms with E-state index in [2.05, 4.69) is 20.5 Å². The molecule has 7 nitrogen and oxygen atoms in total. The molecule has 0 bridgehead atoms. The molecule has 1 unspecified atom stereocenters. The quantitative estimate of drug-likeness (QED) is 0.690. The molecule has 1 aromatic rings. The van der Waals surface area contributed by atoms with Gasteiger partial charge in [-0.2, -0.15) is 0 Å². The number of rotatable bonds is 7. The molecule has 0 spiro atoms. The predicted molar refractivity (Wildman–Crippen MR) is 68.9 cm³/mol. The third kappa shape index (κ3) is 5.07. The van der Waals surface area contributed by atoms with Crippen molar-refractivity contribution < 1.29 is 14.7 Å². The van der Waals surface area contributed by atoms with Crippen molar-refractivity contribution in [3.8, 4) is 0 Å². The van der Waals surface area contributed by atoms with E-state index in [-0.39, 0.29) is 30.1 Å². The van der Waals surface area contributed by atoms with Crippen molar-refractivity contribution >= 4 is 11.9 Å². The molecular formula is C12H20N4O3. The van der Waals surface area contributed by atoms with Crippen molar-refractivity contribution in [3.05, 3.63) is 11.6 Å². The highest BCUT2D eigenvalue weighted by Gasteiger charge is 2.16. The summed E-state index contributed by atoms with van der Waals surface area (Å²) in [6.07, 6.45) is 1.25. The van der Waals surface area contributed by atoms with E-state index in [1.54, 1.807) is 0 Å². The summed E-state index contributed by atoms with van der Waals surface area (Å²) in [5.41, 5.74) is 0. The Kier molecular flexibility index (Phi) is 5.47. The lowest BCUT2D eigenvalue weighted by molar-refractivity contribution is -0.137. The van der Waals surface area contributed by atoms with Gasteiger partial charge in [-0.1, -0.05) is 13.8 Å². The number of aliphatic carboxylic acids is 1. The van der Waals surface area contributed by atoms with Gasteiger partial charge in [-0.05, 0) is 19.8 Å². The summed E-state index contributed by atoms with van der Waals surface area (Å²) in [6.45, 7) is 5.74. The smallest absolute Gasteiger partial charge is 0.303 e. The second-order valence-corrected chi connectivity index (χ2v) is 4.86. The lowest BCUT2D eigenvalue weighted by Crippen LogP contribution is -2.33. The number of carboxylic acid groups (broad SMARTS) is 1. The zero-order chi connectivity index (χ0) is 14.4. The van der Waals surface area contributed by atoms with E-state index >= 15 is 0 Å². The molecule has 3 N–H and O–H groups in total. The Labute approximate surface area is 111 Å². The van der Waals surface area contributed by atoms with Crippen LogP contribution in [-0.4, -0.2) is 38.2 Å².